The van der Waals surface area contributed by atoms with Crippen LogP contribution in [0.2, 0.25) is 0 Å². The molecule has 1 aromatic carbocycles. The Bertz CT molecular complexity index is 488. The predicted molar refractivity (Wildman–Crippen MR) is 76.9 cm³/mol. The van der Waals surface area contributed by atoms with Crippen LogP contribution in [0.1, 0.15) is 0 Å². The molecular formula is C13H21NO6S. The van der Waals surface area contributed by atoms with Gasteiger partial charge < -0.3 is 19.3 Å². The molecule has 1 rings (SSSR count). The quantitative estimate of drug-likeness (QED) is 0.558. The molecule has 0 bridgehead atoms. The van der Waals surface area contributed by atoms with E-state index in [1.165, 1.54) is 12.1 Å². The van der Waals surface area contributed by atoms with Gasteiger partial charge in [-0.2, -0.15) is 0 Å². The Morgan fingerprint density at radius 1 is 1.10 bits per heavy atom. The molecule has 0 aliphatic rings. The average molecular weight is 319 g/mol. The van der Waals surface area contributed by atoms with Gasteiger partial charge in [0, 0.05) is 13.7 Å². The first kappa shape index (κ1) is 17.9. The summed E-state index contributed by atoms with van der Waals surface area (Å²) >= 11 is 0. The minimum absolute atomic E-state index is 0.0926. The van der Waals surface area contributed by atoms with Crippen LogP contribution in [0, 0.1) is 0 Å². The van der Waals surface area contributed by atoms with Crippen LogP contribution < -0.4 is 9.46 Å². The second-order valence-corrected chi connectivity index (χ2v) is 5.81. The molecule has 0 aliphatic heterocycles. The summed E-state index contributed by atoms with van der Waals surface area (Å²) in [5, 5.41) is 8.64. The predicted octanol–water partition coefficient (Wildman–Crippen LogP) is -0.001000. The third kappa shape index (κ3) is 6.87. The van der Waals surface area contributed by atoms with Crippen molar-refractivity contribution >= 4 is 10.0 Å². The zero-order valence-corrected chi connectivity index (χ0v) is 12.8. The van der Waals surface area contributed by atoms with E-state index in [1.54, 1.807) is 19.2 Å². The van der Waals surface area contributed by atoms with Gasteiger partial charge in [0.2, 0.25) is 10.0 Å². The lowest BCUT2D eigenvalue weighted by Crippen LogP contribution is -2.27. The van der Waals surface area contributed by atoms with E-state index in [9.17, 15) is 8.42 Å². The van der Waals surface area contributed by atoms with Crippen molar-refractivity contribution in [2.45, 2.75) is 4.90 Å². The van der Waals surface area contributed by atoms with Crippen LogP contribution in [0.15, 0.2) is 29.2 Å². The van der Waals surface area contributed by atoms with Gasteiger partial charge in [0.15, 0.2) is 0 Å². The highest BCUT2D eigenvalue weighted by Crippen LogP contribution is 2.15. The van der Waals surface area contributed by atoms with Gasteiger partial charge in [-0.3, -0.25) is 0 Å². The number of nitrogens with one attached hydrogen (secondary N) is 1. The number of aliphatic hydroxyl groups excluding tert-OH is 1. The van der Waals surface area contributed by atoms with E-state index in [0.29, 0.717) is 19.0 Å². The summed E-state index contributed by atoms with van der Waals surface area (Å²) in [5.41, 5.74) is 0. The Balaban J connectivity index is 2.42. The van der Waals surface area contributed by atoms with Crippen molar-refractivity contribution in [1.82, 2.24) is 4.72 Å². The smallest absolute Gasteiger partial charge is 0.240 e. The minimum atomic E-state index is -3.56. The number of sulfonamides is 1. The lowest BCUT2D eigenvalue weighted by Gasteiger charge is -2.08. The van der Waals surface area contributed by atoms with Crippen LogP contribution in [0.25, 0.3) is 0 Å². The van der Waals surface area contributed by atoms with Crippen molar-refractivity contribution in [3.8, 4) is 5.75 Å². The zero-order valence-electron chi connectivity index (χ0n) is 11.9. The number of methoxy groups -OCH3 is 1. The first-order valence-corrected chi connectivity index (χ1v) is 7.98. The second-order valence-electron chi connectivity index (χ2n) is 4.05. The molecule has 0 amide bonds. The largest absolute Gasteiger partial charge is 0.491 e. The van der Waals surface area contributed by atoms with Gasteiger partial charge in [-0.05, 0) is 24.3 Å². The first-order valence-electron chi connectivity index (χ1n) is 6.50. The molecule has 0 heterocycles. The Hall–Kier alpha value is -1.19. The fraction of sp³-hybridized carbons (Fsp3) is 0.538. The number of ether oxygens (including phenoxy) is 3. The Kier molecular flexibility index (Phi) is 8.24. The summed E-state index contributed by atoms with van der Waals surface area (Å²) in [5.74, 6) is 0.505. The summed E-state index contributed by atoms with van der Waals surface area (Å²) in [6, 6.07) is 5.97. The second kappa shape index (κ2) is 9.69. The van der Waals surface area contributed by atoms with Crippen LogP contribution >= 0.6 is 0 Å². The highest BCUT2D eigenvalue weighted by molar-refractivity contribution is 7.89. The van der Waals surface area contributed by atoms with Crippen molar-refractivity contribution in [3.05, 3.63) is 24.3 Å². The van der Waals surface area contributed by atoms with Gasteiger partial charge >= 0.3 is 0 Å². The molecule has 0 saturated heterocycles. The molecule has 0 atom stereocenters. The fourth-order valence-electron chi connectivity index (χ4n) is 1.45. The maximum atomic E-state index is 12.0. The Labute approximate surface area is 124 Å². The van der Waals surface area contributed by atoms with Crippen molar-refractivity contribution < 1.29 is 27.7 Å². The maximum absolute atomic E-state index is 12.0. The van der Waals surface area contributed by atoms with Gasteiger partial charge in [-0.1, -0.05) is 0 Å². The van der Waals surface area contributed by atoms with Crippen LogP contribution in [-0.4, -0.2) is 60.2 Å². The van der Waals surface area contributed by atoms with E-state index in [-0.39, 0.29) is 31.3 Å². The average Bonchev–Trinajstić information content (AvgIpc) is 2.49. The van der Waals surface area contributed by atoms with E-state index in [2.05, 4.69) is 4.72 Å². The molecule has 0 fully saturated rings. The van der Waals surface area contributed by atoms with Crippen LogP contribution in [0.3, 0.4) is 0 Å². The Morgan fingerprint density at radius 3 is 2.43 bits per heavy atom. The van der Waals surface area contributed by atoms with Crippen molar-refractivity contribution in [2.24, 2.45) is 0 Å². The van der Waals surface area contributed by atoms with Crippen LogP contribution in [-0.2, 0) is 19.5 Å². The molecular weight excluding hydrogens is 298 g/mol. The highest BCUT2D eigenvalue weighted by Gasteiger charge is 2.13. The van der Waals surface area contributed by atoms with E-state index in [0.717, 1.165) is 0 Å². The molecule has 0 spiro atoms. The standard InChI is InChI=1S/C13H21NO6S/c1-18-10-11-19-8-6-14-21(16,17)13-4-2-12(3-5-13)20-9-7-15/h2-5,14-15H,6-11H2,1H3. The fourth-order valence-corrected chi connectivity index (χ4v) is 2.47. The molecule has 0 aromatic heterocycles. The Morgan fingerprint density at radius 2 is 1.81 bits per heavy atom. The molecule has 0 unspecified atom stereocenters. The molecule has 2 N–H and O–H groups in total. The van der Waals surface area contributed by atoms with Gasteiger partial charge in [0.25, 0.3) is 0 Å². The first-order chi connectivity index (χ1) is 10.1. The van der Waals surface area contributed by atoms with E-state index in [4.69, 9.17) is 19.3 Å². The zero-order chi connectivity index (χ0) is 15.6. The number of benzene rings is 1. The highest BCUT2D eigenvalue weighted by atomic mass is 32.2. The molecule has 0 aliphatic carbocycles. The van der Waals surface area contributed by atoms with Gasteiger partial charge in [-0.15, -0.1) is 0 Å². The number of rotatable bonds is 11. The summed E-state index contributed by atoms with van der Waals surface area (Å²) in [4.78, 5) is 0.149. The number of aliphatic hydroxyl groups is 1. The minimum Gasteiger partial charge on any atom is -0.491 e. The van der Waals surface area contributed by atoms with Gasteiger partial charge in [0.05, 0.1) is 31.3 Å². The third-order valence-electron chi connectivity index (χ3n) is 2.46. The lowest BCUT2D eigenvalue weighted by atomic mass is 10.3. The topological polar surface area (TPSA) is 94.1 Å². The molecule has 0 saturated carbocycles. The van der Waals surface area contributed by atoms with Crippen molar-refractivity contribution in [3.63, 3.8) is 0 Å². The summed E-state index contributed by atoms with van der Waals surface area (Å²) in [6.07, 6.45) is 0. The van der Waals surface area contributed by atoms with Crippen molar-refractivity contribution in [1.29, 1.82) is 0 Å². The molecule has 0 radical (unpaired) electrons. The molecule has 120 valence electrons. The molecule has 21 heavy (non-hydrogen) atoms. The normalized spacial score (nSPS) is 11.5. The third-order valence-corrected chi connectivity index (χ3v) is 3.94. The lowest BCUT2D eigenvalue weighted by molar-refractivity contribution is 0.0736. The molecule has 8 heteroatoms. The number of hydrogen-bond acceptors (Lipinski definition) is 6. The van der Waals surface area contributed by atoms with Crippen LogP contribution in [0.5, 0.6) is 5.75 Å². The number of hydrogen-bond donors (Lipinski definition) is 2. The molecule has 1 aromatic rings. The van der Waals surface area contributed by atoms with Crippen molar-refractivity contribution in [2.75, 3.05) is 46.7 Å². The maximum Gasteiger partial charge on any atom is 0.240 e. The summed E-state index contributed by atoms with van der Waals surface area (Å²) in [7, 11) is -1.99. The SMILES string of the molecule is COCCOCCNS(=O)(=O)c1ccc(OCCO)cc1. The summed E-state index contributed by atoms with van der Waals surface area (Å²) in [6.45, 7) is 1.44. The van der Waals surface area contributed by atoms with Gasteiger partial charge in [0.1, 0.15) is 12.4 Å². The van der Waals surface area contributed by atoms with E-state index >= 15 is 0 Å². The van der Waals surface area contributed by atoms with Gasteiger partial charge in [-0.25, -0.2) is 13.1 Å². The van der Waals surface area contributed by atoms with Crippen LogP contribution in [0.4, 0.5) is 0 Å². The summed E-state index contributed by atoms with van der Waals surface area (Å²) < 4.78 is 41.5. The molecule has 7 nitrogen and oxygen atoms in total. The monoisotopic (exact) mass is 319 g/mol. The van der Waals surface area contributed by atoms with E-state index < -0.39 is 10.0 Å². The van der Waals surface area contributed by atoms with E-state index in [1.807, 2.05) is 0 Å².